The van der Waals surface area contributed by atoms with Crippen LogP contribution in [0.25, 0.3) is 0 Å². The molecule has 0 radical (unpaired) electrons. The predicted molar refractivity (Wildman–Crippen MR) is 89.2 cm³/mol. The molecular weight excluding hydrogens is 314 g/mol. The van der Waals surface area contributed by atoms with Crippen molar-refractivity contribution >= 4 is 11.6 Å². The fourth-order valence-electron chi connectivity index (χ4n) is 2.06. The standard InChI is InChI=1S/C18H20F2N2O2/c1-13-3-6-15(7-4-13)24-10-9-22(2)12-18(23)21-17-8-5-14(19)11-16(17)20/h3-8,11H,9-10,12H2,1-2H3,(H,21,23). The summed E-state index contributed by atoms with van der Waals surface area (Å²) in [5.74, 6) is -1.09. The van der Waals surface area contributed by atoms with E-state index in [2.05, 4.69) is 5.32 Å². The first-order chi connectivity index (χ1) is 11.4. The first-order valence-electron chi connectivity index (χ1n) is 7.57. The number of halogens is 2. The molecule has 1 N–H and O–H groups in total. The fraction of sp³-hybridized carbons (Fsp3) is 0.278. The molecule has 0 spiro atoms. The molecule has 24 heavy (non-hydrogen) atoms. The molecule has 0 saturated carbocycles. The molecule has 128 valence electrons. The zero-order chi connectivity index (χ0) is 17.5. The maximum Gasteiger partial charge on any atom is 0.238 e. The van der Waals surface area contributed by atoms with Gasteiger partial charge in [0.05, 0.1) is 12.2 Å². The molecule has 0 heterocycles. The second-order valence-corrected chi connectivity index (χ2v) is 5.57. The van der Waals surface area contributed by atoms with Crippen LogP contribution in [0.1, 0.15) is 5.56 Å². The number of benzene rings is 2. The van der Waals surface area contributed by atoms with Crippen molar-refractivity contribution in [3.63, 3.8) is 0 Å². The van der Waals surface area contributed by atoms with E-state index in [-0.39, 0.29) is 18.1 Å². The lowest BCUT2D eigenvalue weighted by Gasteiger charge is -2.17. The SMILES string of the molecule is Cc1ccc(OCCN(C)CC(=O)Nc2ccc(F)cc2F)cc1. The van der Waals surface area contributed by atoms with E-state index in [9.17, 15) is 13.6 Å². The summed E-state index contributed by atoms with van der Waals surface area (Å²) in [7, 11) is 1.76. The number of carbonyl (C=O) groups excluding carboxylic acids is 1. The number of carbonyl (C=O) groups is 1. The van der Waals surface area contributed by atoms with E-state index in [4.69, 9.17) is 4.74 Å². The van der Waals surface area contributed by atoms with Crippen LogP contribution < -0.4 is 10.1 Å². The number of nitrogens with zero attached hydrogens (tertiary/aromatic N) is 1. The van der Waals surface area contributed by atoms with Crippen molar-refractivity contribution in [2.24, 2.45) is 0 Å². The Morgan fingerprint density at radius 1 is 1.17 bits per heavy atom. The Labute approximate surface area is 140 Å². The average molecular weight is 334 g/mol. The number of rotatable bonds is 7. The first-order valence-corrected chi connectivity index (χ1v) is 7.57. The number of aryl methyl sites for hydroxylation is 1. The number of likely N-dealkylation sites (N-methyl/N-ethyl adjacent to an activating group) is 1. The molecule has 1 amide bonds. The van der Waals surface area contributed by atoms with Gasteiger partial charge >= 0.3 is 0 Å². The molecule has 4 nitrogen and oxygen atoms in total. The van der Waals surface area contributed by atoms with Crippen LogP contribution in [0.2, 0.25) is 0 Å². The van der Waals surface area contributed by atoms with Gasteiger partial charge in [0, 0.05) is 12.6 Å². The number of amides is 1. The molecule has 0 bridgehead atoms. The van der Waals surface area contributed by atoms with Crippen LogP contribution in [0.15, 0.2) is 42.5 Å². The fourth-order valence-corrected chi connectivity index (χ4v) is 2.06. The molecular formula is C18H20F2N2O2. The lowest BCUT2D eigenvalue weighted by Crippen LogP contribution is -2.33. The van der Waals surface area contributed by atoms with E-state index < -0.39 is 11.6 Å². The van der Waals surface area contributed by atoms with Crippen molar-refractivity contribution in [1.29, 1.82) is 0 Å². The van der Waals surface area contributed by atoms with E-state index in [1.54, 1.807) is 11.9 Å². The van der Waals surface area contributed by atoms with Crippen molar-refractivity contribution in [2.45, 2.75) is 6.92 Å². The van der Waals surface area contributed by atoms with Crippen LogP contribution in [0.3, 0.4) is 0 Å². The minimum absolute atomic E-state index is 0.0364. The van der Waals surface area contributed by atoms with Crippen LogP contribution in [0.5, 0.6) is 5.75 Å². The van der Waals surface area contributed by atoms with Gasteiger partial charge in [0.15, 0.2) is 0 Å². The van der Waals surface area contributed by atoms with Crippen molar-refractivity contribution in [1.82, 2.24) is 4.90 Å². The van der Waals surface area contributed by atoms with Gasteiger partial charge in [0.2, 0.25) is 5.91 Å². The molecule has 0 atom stereocenters. The summed E-state index contributed by atoms with van der Waals surface area (Å²) in [5, 5.41) is 2.42. The highest BCUT2D eigenvalue weighted by molar-refractivity contribution is 5.92. The lowest BCUT2D eigenvalue weighted by atomic mass is 10.2. The van der Waals surface area contributed by atoms with Crippen LogP contribution in [0.4, 0.5) is 14.5 Å². The van der Waals surface area contributed by atoms with Crippen molar-refractivity contribution < 1.29 is 18.3 Å². The molecule has 0 aliphatic heterocycles. The summed E-state index contributed by atoms with van der Waals surface area (Å²) in [5.41, 5.74) is 1.12. The molecule has 0 aliphatic carbocycles. The van der Waals surface area contributed by atoms with Crippen LogP contribution >= 0.6 is 0 Å². The summed E-state index contributed by atoms with van der Waals surface area (Å²) in [4.78, 5) is 13.6. The highest BCUT2D eigenvalue weighted by Crippen LogP contribution is 2.15. The van der Waals surface area contributed by atoms with Gasteiger partial charge < -0.3 is 10.1 Å². The molecule has 0 aliphatic rings. The van der Waals surface area contributed by atoms with E-state index in [0.717, 1.165) is 23.4 Å². The van der Waals surface area contributed by atoms with Crippen molar-refractivity contribution in [3.8, 4) is 5.75 Å². The zero-order valence-corrected chi connectivity index (χ0v) is 13.7. The molecule has 0 fully saturated rings. The monoisotopic (exact) mass is 334 g/mol. The Hall–Kier alpha value is -2.47. The van der Waals surface area contributed by atoms with E-state index in [1.807, 2.05) is 31.2 Å². The first kappa shape index (κ1) is 17.9. The minimum Gasteiger partial charge on any atom is -0.492 e. The summed E-state index contributed by atoms with van der Waals surface area (Å²) in [6, 6.07) is 10.7. The van der Waals surface area contributed by atoms with Crippen LogP contribution in [-0.4, -0.2) is 37.6 Å². The van der Waals surface area contributed by atoms with E-state index in [0.29, 0.717) is 13.2 Å². The normalized spacial score (nSPS) is 10.7. The lowest BCUT2D eigenvalue weighted by molar-refractivity contribution is -0.117. The van der Waals surface area contributed by atoms with Gasteiger partial charge in [-0.3, -0.25) is 9.69 Å². The Morgan fingerprint density at radius 3 is 2.54 bits per heavy atom. The summed E-state index contributed by atoms with van der Waals surface area (Å²) < 4.78 is 31.9. The molecule has 0 unspecified atom stereocenters. The van der Waals surface area contributed by atoms with Crippen LogP contribution in [0, 0.1) is 18.6 Å². The maximum absolute atomic E-state index is 13.5. The molecule has 0 saturated heterocycles. The number of hydrogen-bond donors (Lipinski definition) is 1. The van der Waals surface area contributed by atoms with Gasteiger partial charge in [-0.15, -0.1) is 0 Å². The molecule has 2 aromatic rings. The highest BCUT2D eigenvalue weighted by atomic mass is 19.1. The molecule has 2 aromatic carbocycles. The third-order valence-corrected chi connectivity index (χ3v) is 3.38. The number of hydrogen-bond acceptors (Lipinski definition) is 3. The van der Waals surface area contributed by atoms with Crippen molar-refractivity contribution in [3.05, 3.63) is 59.7 Å². The largest absolute Gasteiger partial charge is 0.492 e. The van der Waals surface area contributed by atoms with Crippen LogP contribution in [-0.2, 0) is 4.79 Å². The van der Waals surface area contributed by atoms with E-state index in [1.165, 1.54) is 6.07 Å². The molecule has 0 aromatic heterocycles. The van der Waals surface area contributed by atoms with Gasteiger partial charge in [-0.2, -0.15) is 0 Å². The molecule has 2 rings (SSSR count). The summed E-state index contributed by atoms with van der Waals surface area (Å²) >= 11 is 0. The Balaban J connectivity index is 1.74. The van der Waals surface area contributed by atoms with Gasteiger partial charge in [0.25, 0.3) is 0 Å². The Morgan fingerprint density at radius 2 is 1.88 bits per heavy atom. The maximum atomic E-state index is 13.5. The van der Waals surface area contributed by atoms with Gasteiger partial charge in [-0.05, 0) is 38.2 Å². The van der Waals surface area contributed by atoms with Gasteiger partial charge in [0.1, 0.15) is 24.0 Å². The Bertz CT molecular complexity index is 690. The number of anilines is 1. The van der Waals surface area contributed by atoms with Crippen molar-refractivity contribution in [2.75, 3.05) is 32.1 Å². The number of ether oxygens (including phenoxy) is 1. The average Bonchev–Trinajstić information content (AvgIpc) is 2.52. The Kier molecular flexibility index (Phi) is 6.26. The second kappa shape index (κ2) is 8.40. The third-order valence-electron chi connectivity index (χ3n) is 3.38. The zero-order valence-electron chi connectivity index (χ0n) is 13.7. The topological polar surface area (TPSA) is 41.6 Å². The highest BCUT2D eigenvalue weighted by Gasteiger charge is 2.10. The predicted octanol–water partition coefficient (Wildman–Crippen LogP) is 3.22. The third kappa shape index (κ3) is 5.62. The second-order valence-electron chi connectivity index (χ2n) is 5.57. The summed E-state index contributed by atoms with van der Waals surface area (Å²) in [6.07, 6.45) is 0. The van der Waals surface area contributed by atoms with Gasteiger partial charge in [-0.1, -0.05) is 17.7 Å². The smallest absolute Gasteiger partial charge is 0.238 e. The minimum atomic E-state index is -0.797. The summed E-state index contributed by atoms with van der Waals surface area (Å²) in [6.45, 7) is 3.04. The van der Waals surface area contributed by atoms with Gasteiger partial charge in [-0.25, -0.2) is 8.78 Å². The quantitative estimate of drug-likeness (QED) is 0.845. The van der Waals surface area contributed by atoms with E-state index >= 15 is 0 Å². The molecule has 6 heteroatoms. The number of nitrogens with one attached hydrogen (secondary N) is 1.